The van der Waals surface area contributed by atoms with Gasteiger partial charge in [-0.2, -0.15) is 0 Å². The van der Waals surface area contributed by atoms with Gasteiger partial charge in [-0.1, -0.05) is 0 Å². The maximum Gasteiger partial charge on any atom is 0.337 e. The molecule has 0 N–H and O–H groups in total. The Morgan fingerprint density at radius 2 is 1.87 bits per heavy atom. The van der Waals surface area contributed by atoms with Crippen molar-refractivity contribution in [2.24, 2.45) is 0 Å². The molecule has 5 heteroatoms. The zero-order valence-electron chi connectivity index (χ0n) is 9.95. The summed E-state index contributed by atoms with van der Waals surface area (Å²) in [6, 6.07) is 0.890. The molecule has 0 bridgehead atoms. The monoisotopic (exact) mass is 234 g/mol. The minimum Gasteiger partial charge on any atom is -0.395 e. The van der Waals surface area contributed by atoms with Crippen molar-refractivity contribution in [1.29, 1.82) is 0 Å². The fourth-order valence-electron chi connectivity index (χ4n) is 1.43. The van der Waals surface area contributed by atoms with Gasteiger partial charge in [-0.25, -0.2) is 0 Å². The van der Waals surface area contributed by atoms with E-state index in [0.29, 0.717) is 32.5 Å². The molecule has 1 saturated heterocycles. The summed E-state index contributed by atoms with van der Waals surface area (Å²) in [6.45, 7) is 9.81. The van der Waals surface area contributed by atoms with Crippen LogP contribution in [0.3, 0.4) is 0 Å². The summed E-state index contributed by atoms with van der Waals surface area (Å²) in [5.41, 5.74) is 0. The second-order valence-corrected chi connectivity index (χ2v) is 7.13. The molecular weight excluding hydrogens is 212 g/mol. The van der Waals surface area contributed by atoms with Crippen LogP contribution in [0.1, 0.15) is 13.8 Å². The van der Waals surface area contributed by atoms with Crippen LogP contribution in [0.2, 0.25) is 12.6 Å². The third kappa shape index (κ3) is 5.63. The summed E-state index contributed by atoms with van der Waals surface area (Å²) in [7, 11) is -1.97. The van der Waals surface area contributed by atoms with Crippen LogP contribution in [0.5, 0.6) is 0 Å². The van der Waals surface area contributed by atoms with E-state index in [-0.39, 0.29) is 0 Å². The van der Waals surface area contributed by atoms with Crippen LogP contribution in [0.4, 0.5) is 0 Å². The zero-order chi connectivity index (χ0) is 11.1. The largest absolute Gasteiger partial charge is 0.395 e. The first kappa shape index (κ1) is 13.1. The molecule has 0 radical (unpaired) electrons. The van der Waals surface area contributed by atoms with Gasteiger partial charge in [0.05, 0.1) is 13.2 Å². The number of hydrogen-bond acceptors (Lipinski definition) is 4. The lowest BCUT2D eigenvalue weighted by Crippen LogP contribution is -2.39. The molecular formula is C10H22O4Si. The molecule has 1 rings (SSSR count). The van der Waals surface area contributed by atoms with Crippen LogP contribution in [0, 0.1) is 0 Å². The second-order valence-electron chi connectivity index (χ2n) is 3.78. The maximum absolute atomic E-state index is 5.70. The van der Waals surface area contributed by atoms with Gasteiger partial charge in [-0.15, -0.1) is 0 Å². The molecule has 0 amide bonds. The standard InChI is InChI=1S/C10H22O4Si/c1-4-13-15(3,14-5-2)7-6-11-8-10-9-12-10/h10H,4-9H2,1-3H3/t10-/m0/s1. The SMILES string of the molecule is CCO[Si](C)(CCOC[C@H]1CO1)OCC. The van der Waals surface area contributed by atoms with Gasteiger partial charge in [0.1, 0.15) is 6.10 Å². The summed E-state index contributed by atoms with van der Waals surface area (Å²) < 4.78 is 22.0. The van der Waals surface area contributed by atoms with Gasteiger partial charge < -0.3 is 18.3 Å². The first-order chi connectivity index (χ1) is 7.20. The van der Waals surface area contributed by atoms with Gasteiger partial charge in [0.15, 0.2) is 0 Å². The molecule has 1 fully saturated rings. The highest BCUT2D eigenvalue weighted by Gasteiger charge is 2.30. The van der Waals surface area contributed by atoms with Crippen molar-refractivity contribution < 1.29 is 18.3 Å². The lowest BCUT2D eigenvalue weighted by molar-refractivity contribution is 0.114. The fourth-order valence-corrected chi connectivity index (χ4v) is 3.54. The van der Waals surface area contributed by atoms with Crippen molar-refractivity contribution in [3.05, 3.63) is 0 Å². The van der Waals surface area contributed by atoms with Crippen LogP contribution >= 0.6 is 0 Å². The zero-order valence-corrected chi connectivity index (χ0v) is 11.0. The third-order valence-corrected chi connectivity index (χ3v) is 5.22. The van der Waals surface area contributed by atoms with Gasteiger partial charge in [0, 0.05) is 25.9 Å². The highest BCUT2D eigenvalue weighted by Crippen LogP contribution is 2.14. The second kappa shape index (κ2) is 6.60. The molecule has 0 unspecified atom stereocenters. The highest BCUT2D eigenvalue weighted by molar-refractivity contribution is 6.66. The molecule has 1 aliphatic rings. The molecule has 1 heterocycles. The van der Waals surface area contributed by atoms with E-state index in [2.05, 4.69) is 6.55 Å². The molecule has 1 aliphatic heterocycles. The van der Waals surface area contributed by atoms with E-state index >= 15 is 0 Å². The smallest absolute Gasteiger partial charge is 0.337 e. The average molecular weight is 234 g/mol. The van der Waals surface area contributed by atoms with E-state index in [1.54, 1.807) is 0 Å². The Morgan fingerprint density at radius 3 is 2.33 bits per heavy atom. The predicted octanol–water partition coefficient (Wildman–Crippen LogP) is 1.55. The van der Waals surface area contributed by atoms with Crippen LogP contribution < -0.4 is 0 Å². The number of rotatable bonds is 9. The van der Waals surface area contributed by atoms with E-state index < -0.39 is 8.56 Å². The van der Waals surface area contributed by atoms with E-state index in [0.717, 1.165) is 12.7 Å². The summed E-state index contributed by atoms with van der Waals surface area (Å²) in [5, 5.41) is 0. The highest BCUT2D eigenvalue weighted by atomic mass is 28.4. The first-order valence-corrected chi connectivity index (χ1v) is 8.20. The van der Waals surface area contributed by atoms with Crippen LogP contribution in [-0.2, 0) is 18.3 Å². The lowest BCUT2D eigenvalue weighted by Gasteiger charge is -2.25. The van der Waals surface area contributed by atoms with Crippen LogP contribution in [0.25, 0.3) is 0 Å². The van der Waals surface area contributed by atoms with Crippen molar-refractivity contribution >= 4 is 8.56 Å². The molecule has 0 aromatic heterocycles. The minimum absolute atomic E-state index is 0.345. The quantitative estimate of drug-likeness (QED) is 0.345. The topological polar surface area (TPSA) is 40.2 Å². The summed E-state index contributed by atoms with van der Waals surface area (Å²) >= 11 is 0. The van der Waals surface area contributed by atoms with Gasteiger partial charge in [0.25, 0.3) is 0 Å². The van der Waals surface area contributed by atoms with Gasteiger partial charge in [-0.05, 0) is 20.4 Å². The number of hydrogen-bond donors (Lipinski definition) is 0. The van der Waals surface area contributed by atoms with E-state index in [1.807, 2.05) is 13.8 Å². The lowest BCUT2D eigenvalue weighted by atomic mass is 10.5. The molecule has 15 heavy (non-hydrogen) atoms. The Morgan fingerprint density at radius 1 is 1.27 bits per heavy atom. The van der Waals surface area contributed by atoms with E-state index in [9.17, 15) is 0 Å². The number of epoxide rings is 1. The Hall–Kier alpha value is 0.0569. The molecule has 90 valence electrons. The molecule has 0 aromatic rings. The molecule has 0 aromatic carbocycles. The molecule has 0 saturated carbocycles. The summed E-state index contributed by atoms with van der Waals surface area (Å²) in [6.07, 6.45) is 0.345. The van der Waals surface area contributed by atoms with Crippen LogP contribution in [-0.4, -0.2) is 47.7 Å². The maximum atomic E-state index is 5.70. The first-order valence-electron chi connectivity index (χ1n) is 5.67. The number of ether oxygens (including phenoxy) is 2. The van der Waals surface area contributed by atoms with Crippen molar-refractivity contribution in [3.8, 4) is 0 Å². The summed E-state index contributed by atoms with van der Waals surface area (Å²) in [4.78, 5) is 0. The minimum atomic E-state index is -1.97. The Balaban J connectivity index is 2.11. The van der Waals surface area contributed by atoms with Gasteiger partial charge in [-0.3, -0.25) is 0 Å². The predicted molar refractivity (Wildman–Crippen MR) is 60.2 cm³/mol. The van der Waals surface area contributed by atoms with Crippen molar-refractivity contribution in [2.45, 2.75) is 32.5 Å². The Kier molecular flexibility index (Phi) is 5.77. The Bertz CT molecular complexity index is 167. The molecule has 4 nitrogen and oxygen atoms in total. The Labute approximate surface area is 93.1 Å². The van der Waals surface area contributed by atoms with Crippen molar-refractivity contribution in [3.63, 3.8) is 0 Å². The van der Waals surface area contributed by atoms with Crippen molar-refractivity contribution in [1.82, 2.24) is 0 Å². The molecule has 0 spiro atoms. The van der Waals surface area contributed by atoms with Crippen molar-refractivity contribution in [2.75, 3.05) is 33.0 Å². The normalized spacial score (nSPS) is 20.6. The van der Waals surface area contributed by atoms with Gasteiger partial charge in [0.2, 0.25) is 0 Å². The molecule has 1 atom stereocenters. The van der Waals surface area contributed by atoms with E-state index in [1.165, 1.54) is 0 Å². The van der Waals surface area contributed by atoms with Gasteiger partial charge >= 0.3 is 8.56 Å². The average Bonchev–Trinajstić information content (AvgIpc) is 2.97. The van der Waals surface area contributed by atoms with Crippen LogP contribution in [0.15, 0.2) is 0 Å². The molecule has 0 aliphatic carbocycles. The fraction of sp³-hybridized carbons (Fsp3) is 1.00. The summed E-state index contributed by atoms with van der Waals surface area (Å²) in [5.74, 6) is 0. The van der Waals surface area contributed by atoms with E-state index in [4.69, 9.17) is 18.3 Å². The third-order valence-electron chi connectivity index (χ3n) is 2.31.